The van der Waals surface area contributed by atoms with Crippen molar-refractivity contribution in [2.45, 2.75) is 6.18 Å². The first-order valence-corrected chi connectivity index (χ1v) is 5.77. The second-order valence-electron chi connectivity index (χ2n) is 3.68. The van der Waals surface area contributed by atoms with E-state index in [2.05, 4.69) is 4.98 Å². The molecule has 1 N–H and O–H groups in total. The highest BCUT2D eigenvalue weighted by atomic mass is 35.5. The van der Waals surface area contributed by atoms with Crippen molar-refractivity contribution in [3.63, 3.8) is 0 Å². The van der Waals surface area contributed by atoms with Gasteiger partial charge >= 0.3 is 6.18 Å². The number of pyridine rings is 1. The van der Waals surface area contributed by atoms with Crippen molar-refractivity contribution in [3.05, 3.63) is 46.2 Å². The van der Waals surface area contributed by atoms with Crippen LogP contribution in [0.2, 0.25) is 10.0 Å². The van der Waals surface area contributed by atoms with Gasteiger partial charge in [0.2, 0.25) is 0 Å². The molecule has 0 aliphatic carbocycles. The number of alkyl halides is 3. The van der Waals surface area contributed by atoms with E-state index in [-0.39, 0.29) is 16.1 Å². The largest absolute Gasteiger partial charge is 0.505 e. The summed E-state index contributed by atoms with van der Waals surface area (Å²) in [7, 11) is 0. The molecule has 1 heterocycles. The molecule has 0 bridgehead atoms. The summed E-state index contributed by atoms with van der Waals surface area (Å²) in [5, 5.41) is 10.2. The number of rotatable bonds is 1. The lowest BCUT2D eigenvalue weighted by Gasteiger charge is -2.12. The van der Waals surface area contributed by atoms with Gasteiger partial charge in [-0.05, 0) is 18.2 Å². The quantitative estimate of drug-likeness (QED) is 0.822. The van der Waals surface area contributed by atoms with Crippen molar-refractivity contribution in [3.8, 4) is 16.9 Å². The van der Waals surface area contributed by atoms with Crippen molar-refractivity contribution in [1.29, 1.82) is 0 Å². The lowest BCUT2D eigenvalue weighted by Crippen LogP contribution is -2.08. The van der Waals surface area contributed by atoms with E-state index < -0.39 is 17.6 Å². The Kier molecular flexibility index (Phi) is 3.60. The SMILES string of the molecule is Oc1c(-c2ccc(Cl)cc2Cl)ccnc1C(F)(F)F. The van der Waals surface area contributed by atoms with E-state index in [4.69, 9.17) is 23.2 Å². The van der Waals surface area contributed by atoms with Crippen LogP contribution in [-0.4, -0.2) is 10.1 Å². The van der Waals surface area contributed by atoms with E-state index in [0.29, 0.717) is 5.02 Å². The van der Waals surface area contributed by atoms with Crippen LogP contribution in [0.15, 0.2) is 30.5 Å². The minimum atomic E-state index is -4.74. The molecule has 1 aromatic carbocycles. The molecule has 0 spiro atoms. The van der Waals surface area contributed by atoms with Crippen LogP contribution in [0.3, 0.4) is 0 Å². The van der Waals surface area contributed by atoms with Gasteiger partial charge in [-0.3, -0.25) is 0 Å². The molecule has 100 valence electrons. The van der Waals surface area contributed by atoms with Crippen molar-refractivity contribution in [2.24, 2.45) is 0 Å². The molecule has 0 aliphatic rings. The molecule has 0 aliphatic heterocycles. The van der Waals surface area contributed by atoms with Gasteiger partial charge in [0.15, 0.2) is 11.4 Å². The van der Waals surface area contributed by atoms with E-state index in [1.807, 2.05) is 0 Å². The van der Waals surface area contributed by atoms with Gasteiger partial charge < -0.3 is 5.11 Å². The van der Waals surface area contributed by atoms with Crippen molar-refractivity contribution >= 4 is 23.2 Å². The summed E-state index contributed by atoms with van der Waals surface area (Å²) in [4.78, 5) is 3.14. The molecule has 0 radical (unpaired) electrons. The number of aromatic hydroxyl groups is 1. The third-order valence-corrected chi connectivity index (χ3v) is 2.96. The highest BCUT2D eigenvalue weighted by molar-refractivity contribution is 6.36. The average molecular weight is 308 g/mol. The van der Waals surface area contributed by atoms with Gasteiger partial charge in [-0.1, -0.05) is 29.3 Å². The zero-order chi connectivity index (χ0) is 14.2. The zero-order valence-electron chi connectivity index (χ0n) is 9.17. The van der Waals surface area contributed by atoms with Crippen LogP contribution in [0.5, 0.6) is 5.75 Å². The van der Waals surface area contributed by atoms with E-state index in [1.54, 1.807) is 0 Å². The van der Waals surface area contributed by atoms with Crippen molar-refractivity contribution in [1.82, 2.24) is 4.98 Å². The number of hydrogen-bond donors (Lipinski definition) is 1. The van der Waals surface area contributed by atoms with Gasteiger partial charge in [-0.25, -0.2) is 4.98 Å². The first-order chi connectivity index (χ1) is 8.80. The van der Waals surface area contributed by atoms with E-state index in [1.165, 1.54) is 24.3 Å². The fraction of sp³-hybridized carbons (Fsp3) is 0.0833. The van der Waals surface area contributed by atoms with Crippen LogP contribution < -0.4 is 0 Å². The Morgan fingerprint density at radius 1 is 1.05 bits per heavy atom. The molecule has 2 aromatic rings. The third-order valence-electron chi connectivity index (χ3n) is 2.41. The number of aromatic nitrogens is 1. The summed E-state index contributed by atoms with van der Waals surface area (Å²) >= 11 is 11.6. The van der Waals surface area contributed by atoms with E-state index in [9.17, 15) is 18.3 Å². The summed E-state index contributed by atoms with van der Waals surface area (Å²) in [6.07, 6.45) is -3.78. The lowest BCUT2D eigenvalue weighted by atomic mass is 10.0. The Bertz CT molecular complexity index is 629. The first-order valence-electron chi connectivity index (χ1n) is 5.01. The molecule has 2 rings (SSSR count). The standard InChI is InChI=1S/C12H6Cl2F3NO/c13-6-1-2-7(9(14)5-6)8-3-4-18-11(10(8)19)12(15,16)17/h1-5,19H. The summed E-state index contributed by atoms with van der Waals surface area (Å²) < 4.78 is 37.9. The summed E-state index contributed by atoms with van der Waals surface area (Å²) in [6.45, 7) is 0. The normalized spacial score (nSPS) is 11.6. The number of nitrogens with zero attached hydrogens (tertiary/aromatic N) is 1. The van der Waals surface area contributed by atoms with Gasteiger partial charge in [0.25, 0.3) is 0 Å². The molecular formula is C12H6Cl2F3NO. The van der Waals surface area contributed by atoms with Gasteiger partial charge in [-0.15, -0.1) is 0 Å². The molecule has 1 aromatic heterocycles. The minimum absolute atomic E-state index is 0.0519. The fourth-order valence-corrected chi connectivity index (χ4v) is 2.10. The van der Waals surface area contributed by atoms with Crippen LogP contribution in [-0.2, 0) is 6.18 Å². The second-order valence-corrected chi connectivity index (χ2v) is 4.52. The van der Waals surface area contributed by atoms with E-state index >= 15 is 0 Å². The number of halogens is 5. The number of hydrogen-bond acceptors (Lipinski definition) is 2. The molecule has 2 nitrogen and oxygen atoms in total. The highest BCUT2D eigenvalue weighted by Gasteiger charge is 2.37. The predicted octanol–water partition coefficient (Wildman–Crippen LogP) is 4.78. The zero-order valence-corrected chi connectivity index (χ0v) is 10.7. The molecule has 0 unspecified atom stereocenters. The van der Waals surface area contributed by atoms with E-state index in [0.717, 1.165) is 6.20 Å². The van der Waals surface area contributed by atoms with Crippen molar-refractivity contribution in [2.75, 3.05) is 0 Å². The average Bonchev–Trinajstić information content (AvgIpc) is 2.28. The number of benzene rings is 1. The second kappa shape index (κ2) is 4.90. The van der Waals surface area contributed by atoms with Crippen LogP contribution in [0, 0.1) is 0 Å². The van der Waals surface area contributed by atoms with Crippen molar-refractivity contribution < 1.29 is 18.3 Å². The Hall–Kier alpha value is -1.46. The molecule has 0 amide bonds. The van der Waals surface area contributed by atoms with Gasteiger partial charge in [0, 0.05) is 22.3 Å². The third kappa shape index (κ3) is 2.77. The summed E-state index contributed by atoms with van der Waals surface area (Å²) in [6, 6.07) is 5.53. The summed E-state index contributed by atoms with van der Waals surface area (Å²) in [5.41, 5.74) is -1.16. The predicted molar refractivity (Wildman–Crippen MR) is 66.4 cm³/mol. The molecule has 19 heavy (non-hydrogen) atoms. The summed E-state index contributed by atoms with van der Waals surface area (Å²) in [5.74, 6) is -0.959. The monoisotopic (exact) mass is 307 g/mol. The van der Waals surface area contributed by atoms with Crippen LogP contribution >= 0.6 is 23.2 Å². The Morgan fingerprint density at radius 2 is 1.74 bits per heavy atom. The van der Waals surface area contributed by atoms with Crippen LogP contribution in [0.4, 0.5) is 13.2 Å². The smallest absolute Gasteiger partial charge is 0.437 e. The molecule has 0 saturated heterocycles. The van der Waals surface area contributed by atoms with Gasteiger partial charge in [0.05, 0.1) is 5.02 Å². The molecular weight excluding hydrogens is 302 g/mol. The lowest BCUT2D eigenvalue weighted by molar-refractivity contribution is -0.142. The highest BCUT2D eigenvalue weighted by Crippen LogP contribution is 2.41. The molecule has 7 heteroatoms. The maximum absolute atomic E-state index is 12.6. The van der Waals surface area contributed by atoms with Gasteiger partial charge in [-0.2, -0.15) is 13.2 Å². The maximum Gasteiger partial charge on any atom is 0.437 e. The minimum Gasteiger partial charge on any atom is -0.505 e. The van der Waals surface area contributed by atoms with Crippen LogP contribution in [0.1, 0.15) is 5.69 Å². The topological polar surface area (TPSA) is 33.1 Å². The molecule has 0 fully saturated rings. The van der Waals surface area contributed by atoms with Crippen LogP contribution in [0.25, 0.3) is 11.1 Å². The maximum atomic E-state index is 12.6. The molecule has 0 atom stereocenters. The van der Waals surface area contributed by atoms with Gasteiger partial charge in [0.1, 0.15) is 0 Å². The Labute approximate surface area is 116 Å². The first kappa shape index (κ1) is 14.0. The Balaban J connectivity index is 2.64. The molecule has 0 saturated carbocycles. The fourth-order valence-electron chi connectivity index (χ4n) is 1.59. The Morgan fingerprint density at radius 3 is 2.32 bits per heavy atom.